The number of hydrogen-bond donors (Lipinski definition) is 0. The third kappa shape index (κ3) is 2.09. The highest BCUT2D eigenvalue weighted by Crippen LogP contribution is 2.37. The SMILES string of the molecule is O=C(c1cn(-c2cccc(Cl)c2F)nn1)N1CC2CCC1C2. The predicted octanol–water partition coefficient (Wildman–Crippen LogP) is 2.68. The van der Waals surface area contributed by atoms with Crippen LogP contribution in [-0.4, -0.2) is 38.4 Å². The highest BCUT2D eigenvalue weighted by Gasteiger charge is 2.41. The van der Waals surface area contributed by atoms with E-state index >= 15 is 0 Å². The number of nitrogens with zero attached hydrogens (tertiary/aromatic N) is 4. The van der Waals surface area contributed by atoms with E-state index in [0.29, 0.717) is 12.0 Å². The van der Waals surface area contributed by atoms with Gasteiger partial charge in [-0.3, -0.25) is 4.79 Å². The molecule has 2 bridgehead atoms. The number of carbonyl (C=O) groups is 1. The summed E-state index contributed by atoms with van der Waals surface area (Å²) >= 11 is 5.77. The molecule has 5 nitrogen and oxygen atoms in total. The minimum atomic E-state index is -0.576. The summed E-state index contributed by atoms with van der Waals surface area (Å²) < 4.78 is 15.3. The number of piperidine rings is 1. The van der Waals surface area contributed by atoms with Gasteiger partial charge in [0.15, 0.2) is 11.5 Å². The zero-order valence-electron chi connectivity index (χ0n) is 11.7. The number of amides is 1. The lowest BCUT2D eigenvalue weighted by molar-refractivity contribution is 0.0697. The molecule has 7 heteroatoms. The quantitative estimate of drug-likeness (QED) is 0.855. The Kier molecular flexibility index (Phi) is 3.14. The lowest BCUT2D eigenvalue weighted by Gasteiger charge is -2.25. The fourth-order valence-electron chi connectivity index (χ4n) is 3.47. The van der Waals surface area contributed by atoms with E-state index in [-0.39, 0.29) is 22.3 Å². The average molecular weight is 321 g/mol. The molecular formula is C15H14ClFN4O. The summed E-state index contributed by atoms with van der Waals surface area (Å²) in [5.41, 5.74) is 0.425. The van der Waals surface area contributed by atoms with Crippen LogP contribution in [0.4, 0.5) is 4.39 Å². The normalized spacial score (nSPS) is 23.3. The summed E-state index contributed by atoms with van der Waals surface area (Å²) in [6.45, 7) is 0.794. The van der Waals surface area contributed by atoms with Gasteiger partial charge in [-0.25, -0.2) is 9.07 Å². The van der Waals surface area contributed by atoms with Crippen molar-refractivity contribution in [1.82, 2.24) is 19.9 Å². The van der Waals surface area contributed by atoms with Crippen LogP contribution in [0.2, 0.25) is 5.02 Å². The molecule has 2 heterocycles. The van der Waals surface area contributed by atoms with E-state index in [1.807, 2.05) is 4.90 Å². The van der Waals surface area contributed by atoms with Crippen LogP contribution in [0.25, 0.3) is 5.69 Å². The zero-order valence-corrected chi connectivity index (χ0v) is 12.5. The molecule has 0 N–H and O–H groups in total. The van der Waals surface area contributed by atoms with Crippen LogP contribution in [0, 0.1) is 11.7 Å². The van der Waals surface area contributed by atoms with Crippen molar-refractivity contribution in [3.05, 3.63) is 40.9 Å². The molecule has 4 rings (SSSR count). The molecule has 2 unspecified atom stereocenters. The maximum Gasteiger partial charge on any atom is 0.276 e. The number of rotatable bonds is 2. The summed E-state index contributed by atoms with van der Waals surface area (Å²) in [5.74, 6) is -0.0800. The number of aromatic nitrogens is 3. The van der Waals surface area contributed by atoms with Crippen LogP contribution in [0.5, 0.6) is 0 Å². The van der Waals surface area contributed by atoms with E-state index in [1.54, 1.807) is 12.1 Å². The van der Waals surface area contributed by atoms with E-state index < -0.39 is 5.82 Å². The largest absolute Gasteiger partial charge is 0.334 e. The zero-order chi connectivity index (χ0) is 15.3. The first kappa shape index (κ1) is 13.7. The lowest BCUT2D eigenvalue weighted by atomic mass is 10.1. The number of fused-ring (bicyclic) bond motifs is 2. The van der Waals surface area contributed by atoms with Crippen molar-refractivity contribution >= 4 is 17.5 Å². The van der Waals surface area contributed by atoms with Gasteiger partial charge in [0.1, 0.15) is 5.69 Å². The van der Waals surface area contributed by atoms with E-state index in [1.165, 1.54) is 23.4 Å². The van der Waals surface area contributed by atoms with Gasteiger partial charge in [-0.2, -0.15) is 0 Å². The van der Waals surface area contributed by atoms with E-state index in [4.69, 9.17) is 11.6 Å². The second-order valence-electron chi connectivity index (χ2n) is 5.91. The second-order valence-corrected chi connectivity index (χ2v) is 6.32. The summed E-state index contributed by atoms with van der Waals surface area (Å²) in [6.07, 6.45) is 4.81. The number of hydrogen-bond acceptors (Lipinski definition) is 3. The van der Waals surface area contributed by atoms with Crippen LogP contribution in [-0.2, 0) is 0 Å². The van der Waals surface area contributed by atoms with Crippen LogP contribution in [0.1, 0.15) is 29.8 Å². The maximum absolute atomic E-state index is 14.0. The first-order valence-corrected chi connectivity index (χ1v) is 7.69. The summed E-state index contributed by atoms with van der Waals surface area (Å²) in [7, 11) is 0. The molecule has 114 valence electrons. The molecule has 1 saturated carbocycles. The summed E-state index contributed by atoms with van der Waals surface area (Å²) in [4.78, 5) is 14.4. The minimum absolute atomic E-state index is 0.0118. The van der Waals surface area contributed by atoms with Crippen LogP contribution in [0.15, 0.2) is 24.4 Å². The molecule has 2 atom stereocenters. The van der Waals surface area contributed by atoms with E-state index in [2.05, 4.69) is 10.3 Å². The molecule has 2 aliphatic rings. The van der Waals surface area contributed by atoms with Crippen molar-refractivity contribution in [3.63, 3.8) is 0 Å². The van der Waals surface area contributed by atoms with Crippen molar-refractivity contribution < 1.29 is 9.18 Å². The standard InChI is InChI=1S/C15H14ClFN4O/c16-11-2-1-3-13(14(11)17)21-8-12(18-19-21)15(22)20-7-9-4-5-10(20)6-9/h1-3,8-10H,4-7H2. The van der Waals surface area contributed by atoms with Gasteiger partial charge in [0.05, 0.1) is 11.2 Å². The van der Waals surface area contributed by atoms with Crippen molar-refractivity contribution in [3.8, 4) is 5.69 Å². The molecule has 2 fully saturated rings. The first-order valence-electron chi connectivity index (χ1n) is 7.31. The molecule has 22 heavy (non-hydrogen) atoms. The Morgan fingerprint density at radius 2 is 2.23 bits per heavy atom. The Morgan fingerprint density at radius 3 is 2.95 bits per heavy atom. The molecule has 1 aliphatic carbocycles. The highest BCUT2D eigenvalue weighted by atomic mass is 35.5. The minimum Gasteiger partial charge on any atom is -0.334 e. The van der Waals surface area contributed by atoms with Gasteiger partial charge in [0.2, 0.25) is 0 Å². The molecule has 1 saturated heterocycles. The fourth-order valence-corrected chi connectivity index (χ4v) is 3.64. The summed E-state index contributed by atoms with van der Waals surface area (Å²) in [5, 5.41) is 7.78. The monoisotopic (exact) mass is 320 g/mol. The van der Waals surface area contributed by atoms with Gasteiger partial charge in [-0.15, -0.1) is 5.10 Å². The lowest BCUT2D eigenvalue weighted by Crippen LogP contribution is -2.37. The van der Waals surface area contributed by atoms with E-state index in [9.17, 15) is 9.18 Å². The third-order valence-corrected chi connectivity index (χ3v) is 4.85. The summed E-state index contributed by atoms with van der Waals surface area (Å²) in [6, 6.07) is 4.96. The predicted molar refractivity (Wildman–Crippen MR) is 78.5 cm³/mol. The van der Waals surface area contributed by atoms with Crippen LogP contribution in [0.3, 0.4) is 0 Å². The second kappa shape index (κ2) is 5.05. The first-order chi connectivity index (χ1) is 10.6. The molecule has 1 aromatic carbocycles. The number of carbonyl (C=O) groups excluding carboxylic acids is 1. The Balaban J connectivity index is 1.61. The molecule has 0 radical (unpaired) electrons. The van der Waals surface area contributed by atoms with Gasteiger partial charge >= 0.3 is 0 Å². The maximum atomic E-state index is 14.0. The molecule has 0 spiro atoms. The van der Waals surface area contributed by atoms with Gasteiger partial charge in [0.25, 0.3) is 5.91 Å². The Morgan fingerprint density at radius 1 is 1.36 bits per heavy atom. The van der Waals surface area contributed by atoms with E-state index in [0.717, 1.165) is 19.4 Å². The molecule has 1 aliphatic heterocycles. The highest BCUT2D eigenvalue weighted by molar-refractivity contribution is 6.30. The third-order valence-electron chi connectivity index (χ3n) is 4.56. The smallest absolute Gasteiger partial charge is 0.276 e. The van der Waals surface area contributed by atoms with Gasteiger partial charge < -0.3 is 4.90 Å². The number of likely N-dealkylation sites (tertiary alicyclic amines) is 1. The van der Waals surface area contributed by atoms with Gasteiger partial charge in [-0.1, -0.05) is 22.9 Å². The van der Waals surface area contributed by atoms with Crippen molar-refractivity contribution in [2.45, 2.75) is 25.3 Å². The molecule has 2 aromatic rings. The Labute approximate surface area is 131 Å². The van der Waals surface area contributed by atoms with Crippen LogP contribution >= 0.6 is 11.6 Å². The van der Waals surface area contributed by atoms with Crippen LogP contribution < -0.4 is 0 Å². The fraction of sp³-hybridized carbons (Fsp3) is 0.400. The van der Waals surface area contributed by atoms with Crippen molar-refractivity contribution in [1.29, 1.82) is 0 Å². The number of benzene rings is 1. The molecule has 1 aromatic heterocycles. The van der Waals surface area contributed by atoms with Gasteiger partial charge in [0, 0.05) is 12.6 Å². The Hall–Kier alpha value is -1.95. The topological polar surface area (TPSA) is 51.0 Å². The van der Waals surface area contributed by atoms with Gasteiger partial charge in [-0.05, 0) is 37.3 Å². The molecule has 1 amide bonds. The molecular weight excluding hydrogens is 307 g/mol. The van der Waals surface area contributed by atoms with Crippen molar-refractivity contribution in [2.75, 3.05) is 6.54 Å². The average Bonchev–Trinajstić information content (AvgIpc) is 3.25. The number of halogens is 2. The van der Waals surface area contributed by atoms with Crippen molar-refractivity contribution in [2.24, 2.45) is 5.92 Å². The Bertz CT molecular complexity index is 747.